The van der Waals surface area contributed by atoms with Crippen LogP contribution in [0.2, 0.25) is 0 Å². The van der Waals surface area contributed by atoms with Gasteiger partial charge in [0.2, 0.25) is 0 Å². The first-order valence-electron chi connectivity index (χ1n) is 6.21. The minimum atomic E-state index is -5.55. The van der Waals surface area contributed by atoms with Crippen LogP contribution in [0.5, 0.6) is 5.75 Å². The van der Waals surface area contributed by atoms with Crippen LogP contribution in [0.15, 0.2) is 30.3 Å². The standard InChI is InChI=1S/C7H5F3O3S.4BO3.12Na/c8-7(9,10)14(11,12)13-6-4-2-1-3-5-6;4*2-1(3)4;;;;;;;;;;;;/h1-5H;;;;;;;;;;;;;;;;/q;4*-3;12*+1. The molecule has 0 atom stereocenters. The van der Waals surface area contributed by atoms with E-state index in [4.69, 9.17) is 60.3 Å². The normalized spacial score (nSPS) is 6.74. The largest absolute Gasteiger partial charge is 1.00 e. The van der Waals surface area contributed by atoms with Gasteiger partial charge in [-0.3, -0.25) is 29.3 Å². The van der Waals surface area contributed by atoms with E-state index in [2.05, 4.69) is 4.18 Å². The molecule has 1 rings (SSSR count). The van der Waals surface area contributed by atoms with Crippen LogP contribution in [0.25, 0.3) is 0 Å². The van der Waals surface area contributed by atoms with E-state index in [1.54, 1.807) is 0 Å². The van der Waals surface area contributed by atoms with Crippen molar-refractivity contribution in [1.29, 1.82) is 0 Å². The Morgan fingerprint density at radius 2 is 0.643 bits per heavy atom. The van der Waals surface area contributed by atoms with Gasteiger partial charge in [0.1, 0.15) is 5.75 Å². The Kier molecular flexibility index (Phi) is 173. The van der Waals surface area contributed by atoms with E-state index in [0.29, 0.717) is 0 Å². The summed E-state index contributed by atoms with van der Waals surface area (Å²) < 4.78 is 60.2. The molecule has 0 fully saturated rings. The van der Waals surface area contributed by atoms with Crippen LogP contribution < -0.4 is 419 Å². The summed E-state index contributed by atoms with van der Waals surface area (Å²) in [4.78, 5) is 0. The molecule has 0 aliphatic carbocycles. The van der Waals surface area contributed by atoms with Gasteiger partial charge in [0.25, 0.3) is 0 Å². The Balaban J connectivity index is -0.0000000152. The van der Waals surface area contributed by atoms with Crippen LogP contribution in [0.3, 0.4) is 0 Å². The van der Waals surface area contributed by atoms with Gasteiger partial charge >= 0.3 is 370 Å². The molecule has 0 aromatic heterocycles. The molecule has 42 heavy (non-hydrogen) atoms. The molecule has 0 radical (unpaired) electrons. The maximum Gasteiger partial charge on any atom is 1.00 e. The Morgan fingerprint density at radius 1 is 0.476 bits per heavy atom. The van der Waals surface area contributed by atoms with E-state index in [0.717, 1.165) is 12.1 Å². The summed E-state index contributed by atoms with van der Waals surface area (Å²) in [6.07, 6.45) is 0. The van der Waals surface area contributed by atoms with Crippen LogP contribution in [0, 0.1) is 0 Å². The van der Waals surface area contributed by atoms with Crippen molar-refractivity contribution in [3.8, 4) is 5.75 Å². The molecule has 0 aliphatic heterocycles. The Bertz CT molecular complexity index is 589. The van der Waals surface area contributed by atoms with Gasteiger partial charge in [-0.25, -0.2) is 0 Å². The van der Waals surface area contributed by atoms with E-state index in [9.17, 15) is 21.6 Å². The molecule has 0 amide bonds. The fraction of sp³-hybridized carbons (Fsp3) is 0.143. The molecule has 0 saturated heterocycles. The zero-order valence-corrected chi connectivity index (χ0v) is 50.7. The molecule has 15 nitrogen and oxygen atoms in total. The Hall–Kier alpha value is 10.5. The predicted octanol–water partition coefficient (Wildman–Crippen LogP) is -49.8. The van der Waals surface area contributed by atoms with Gasteiger partial charge in [-0.05, 0) is 12.1 Å². The third kappa shape index (κ3) is 117. The van der Waals surface area contributed by atoms with Crippen LogP contribution in [0.4, 0.5) is 13.2 Å². The van der Waals surface area contributed by atoms with Crippen LogP contribution in [-0.2, 0) is 10.1 Å². The summed E-state index contributed by atoms with van der Waals surface area (Å²) in [6, 6.07) is 6.47. The molecule has 0 saturated carbocycles. The van der Waals surface area contributed by atoms with Crippen molar-refractivity contribution in [2.45, 2.75) is 5.51 Å². The van der Waals surface area contributed by atoms with E-state index < -0.39 is 44.9 Å². The zero-order valence-electron chi connectivity index (χ0n) is 25.9. The number of benzene rings is 1. The smallest absolute Gasteiger partial charge is 0.907 e. The van der Waals surface area contributed by atoms with Gasteiger partial charge in [-0.2, -0.15) is 21.6 Å². The number of para-hydroxylation sites is 1. The average molecular weight is 737 g/mol. The topological polar surface area (TPSA) is 320 Å². The van der Waals surface area contributed by atoms with E-state index in [-0.39, 0.29) is 360 Å². The van der Waals surface area contributed by atoms with Crippen molar-refractivity contribution in [2.75, 3.05) is 0 Å². The number of rotatable bonds is 2. The average Bonchev–Trinajstić information content (AvgIpc) is 2.44. The van der Waals surface area contributed by atoms with Gasteiger partial charge in [0.15, 0.2) is 0 Å². The molecule has 0 spiro atoms. The Labute approximate surface area is 508 Å². The number of halogens is 3. The van der Waals surface area contributed by atoms with Crippen LogP contribution >= 0.6 is 0 Å². The maximum absolute atomic E-state index is 11.8. The Morgan fingerprint density at radius 3 is 0.786 bits per heavy atom. The molecule has 35 heteroatoms. The summed E-state index contributed by atoms with van der Waals surface area (Å²) in [5.41, 5.74) is -5.40. The first kappa shape index (κ1) is 105. The molecule has 0 aliphatic rings. The van der Waals surface area contributed by atoms with Crippen molar-refractivity contribution >= 4 is 39.4 Å². The summed E-state index contributed by atoms with van der Waals surface area (Å²) in [5.74, 6) is -0.371. The van der Waals surface area contributed by atoms with E-state index >= 15 is 0 Å². The van der Waals surface area contributed by atoms with Crippen molar-refractivity contribution in [3.63, 3.8) is 0 Å². The molecule has 174 valence electrons. The van der Waals surface area contributed by atoms with Gasteiger partial charge in [-0.15, -0.1) is 0 Å². The molecule has 0 heterocycles. The summed E-state index contributed by atoms with van der Waals surface area (Å²) in [7, 11) is -17.2. The molecule has 0 bridgehead atoms. The summed E-state index contributed by atoms with van der Waals surface area (Å²) in [5, 5.41) is 101. The number of alkyl halides is 3. The SMILES string of the molecule is O=S(=O)(Oc1ccccc1)C(F)(F)F.[Na+].[Na+].[Na+].[Na+].[Na+].[Na+].[Na+].[Na+].[Na+].[Na+].[Na+].[Na+].[O-]B([O-])[O-].[O-]B([O-])[O-].[O-]B([O-])[O-].[O-]B([O-])[O-]. The second-order valence-corrected chi connectivity index (χ2v) is 4.99. The number of hydrogen-bond acceptors (Lipinski definition) is 15. The van der Waals surface area contributed by atoms with Crippen LogP contribution in [-0.4, -0.2) is 43.2 Å². The summed E-state index contributed by atoms with van der Waals surface area (Å²) >= 11 is 0. The fourth-order valence-electron chi connectivity index (χ4n) is 0.650. The van der Waals surface area contributed by atoms with E-state index in [1.807, 2.05) is 0 Å². The molecule has 1 aromatic rings. The summed E-state index contributed by atoms with van der Waals surface area (Å²) in [6.45, 7) is 0. The first-order chi connectivity index (χ1) is 13.3. The molecule has 1 aromatic carbocycles. The second kappa shape index (κ2) is 69.4. The van der Waals surface area contributed by atoms with Crippen molar-refractivity contribution in [2.24, 2.45) is 0 Å². The van der Waals surface area contributed by atoms with Crippen molar-refractivity contribution < 1.29 is 441 Å². The first-order valence-corrected chi connectivity index (χ1v) is 7.62. The minimum absolute atomic E-state index is 0. The third-order valence-corrected chi connectivity index (χ3v) is 2.21. The van der Waals surface area contributed by atoms with Gasteiger partial charge in [0.05, 0.1) is 0 Å². The third-order valence-electron chi connectivity index (χ3n) is 1.23. The van der Waals surface area contributed by atoms with Gasteiger partial charge in [0, 0.05) is 0 Å². The predicted molar refractivity (Wildman–Crippen MR) is 65.1 cm³/mol. The second-order valence-electron chi connectivity index (χ2n) is 3.45. The molecular weight excluding hydrogens is 732 g/mol. The maximum atomic E-state index is 11.8. The monoisotopic (exact) mass is 738 g/mol. The molecule has 0 unspecified atom stereocenters. The van der Waals surface area contributed by atoms with Crippen LogP contribution in [0.1, 0.15) is 0 Å². The quantitative estimate of drug-likeness (QED) is 0.155. The van der Waals surface area contributed by atoms with Gasteiger partial charge in [-0.1, -0.05) is 18.2 Å². The number of hydrogen-bond donors (Lipinski definition) is 0. The molecular formula is C7H5B4F3Na12O15S. The van der Waals surface area contributed by atoms with Gasteiger partial charge < -0.3 is 64.5 Å². The van der Waals surface area contributed by atoms with E-state index in [1.165, 1.54) is 18.2 Å². The van der Waals surface area contributed by atoms with Crippen molar-refractivity contribution in [3.05, 3.63) is 30.3 Å². The molecule has 0 N–H and O–H groups in total. The zero-order chi connectivity index (χ0) is 25.1. The minimum Gasteiger partial charge on any atom is -0.907 e. The fourth-order valence-corrected chi connectivity index (χ4v) is 1.11. The van der Waals surface area contributed by atoms with Crippen molar-refractivity contribution in [1.82, 2.24) is 0 Å².